The Morgan fingerprint density at radius 2 is 2.05 bits per heavy atom. The third-order valence-corrected chi connectivity index (χ3v) is 3.98. The third-order valence-electron chi connectivity index (χ3n) is 3.04. The Bertz CT molecular complexity index is 835. The van der Waals surface area contributed by atoms with Crippen LogP contribution in [-0.4, -0.2) is 9.55 Å². The van der Waals surface area contributed by atoms with Crippen LogP contribution in [0.2, 0.25) is 0 Å². The minimum absolute atomic E-state index is 0.339. The van der Waals surface area contributed by atoms with Gasteiger partial charge < -0.3 is 0 Å². The van der Waals surface area contributed by atoms with Crippen LogP contribution >= 0.6 is 11.3 Å². The van der Waals surface area contributed by atoms with Crippen LogP contribution in [0, 0.1) is 12.7 Å². The Kier molecular flexibility index (Phi) is 2.71. The molecule has 0 unspecified atom stereocenters. The van der Waals surface area contributed by atoms with Gasteiger partial charge in [-0.15, -0.1) is 11.3 Å². The molecule has 0 saturated carbocycles. The topological polar surface area (TPSA) is 34.9 Å². The molecule has 0 radical (unpaired) electrons. The van der Waals surface area contributed by atoms with Crippen molar-refractivity contribution in [3.05, 3.63) is 51.5 Å². The molecule has 0 atom stereocenters. The molecular formula is C14H11FN2OS. The van der Waals surface area contributed by atoms with Gasteiger partial charge in [0.15, 0.2) is 0 Å². The predicted octanol–water partition coefficient (Wildman–Crippen LogP) is 3.11. The van der Waals surface area contributed by atoms with E-state index in [1.54, 1.807) is 25.2 Å². The van der Waals surface area contributed by atoms with E-state index in [9.17, 15) is 9.18 Å². The summed E-state index contributed by atoms with van der Waals surface area (Å²) in [5.41, 5.74) is 0.636. The summed E-state index contributed by atoms with van der Waals surface area (Å²) in [4.78, 5) is 17.6. The van der Waals surface area contributed by atoms with Gasteiger partial charge in [-0.1, -0.05) is 12.1 Å². The minimum atomic E-state index is -0.368. The van der Waals surface area contributed by atoms with Gasteiger partial charge in [-0.25, -0.2) is 9.18 Å². The average Bonchev–Trinajstić information content (AvgIpc) is 2.72. The van der Waals surface area contributed by atoms with Gasteiger partial charge in [0.25, 0.3) is 0 Å². The smallest absolute Gasteiger partial charge is 0.294 e. The number of thiophene rings is 1. The molecule has 96 valence electrons. The van der Waals surface area contributed by atoms with E-state index in [4.69, 9.17) is 0 Å². The van der Waals surface area contributed by atoms with Gasteiger partial charge in [0.05, 0.1) is 5.69 Å². The molecule has 0 fully saturated rings. The van der Waals surface area contributed by atoms with Crippen molar-refractivity contribution >= 4 is 21.6 Å². The molecule has 0 amide bonds. The van der Waals surface area contributed by atoms with Gasteiger partial charge >= 0.3 is 5.69 Å². The fourth-order valence-electron chi connectivity index (χ4n) is 2.17. The van der Waals surface area contributed by atoms with Gasteiger partial charge in [-0.3, -0.25) is 4.57 Å². The summed E-state index contributed by atoms with van der Waals surface area (Å²) in [6, 6.07) is 8.40. The van der Waals surface area contributed by atoms with E-state index < -0.39 is 0 Å². The van der Waals surface area contributed by atoms with Crippen LogP contribution in [0.25, 0.3) is 21.5 Å². The zero-order valence-corrected chi connectivity index (χ0v) is 11.3. The summed E-state index contributed by atoms with van der Waals surface area (Å²) in [5, 5.41) is 0.815. The first-order valence-corrected chi connectivity index (χ1v) is 6.61. The lowest BCUT2D eigenvalue weighted by Gasteiger charge is -2.09. The van der Waals surface area contributed by atoms with Crippen LogP contribution in [-0.2, 0) is 7.05 Å². The summed E-state index contributed by atoms with van der Waals surface area (Å²) in [5.74, 6) is -0.339. The zero-order chi connectivity index (χ0) is 13.6. The molecule has 0 bridgehead atoms. The summed E-state index contributed by atoms with van der Waals surface area (Å²) in [7, 11) is 1.61. The predicted molar refractivity (Wildman–Crippen MR) is 75.0 cm³/mol. The molecule has 1 aromatic carbocycles. The minimum Gasteiger partial charge on any atom is -0.294 e. The van der Waals surface area contributed by atoms with E-state index in [0.717, 1.165) is 10.3 Å². The lowest BCUT2D eigenvalue weighted by Crippen LogP contribution is -2.21. The van der Waals surface area contributed by atoms with Gasteiger partial charge in [0.2, 0.25) is 0 Å². The quantitative estimate of drug-likeness (QED) is 0.683. The summed E-state index contributed by atoms with van der Waals surface area (Å²) >= 11 is 1.44. The monoisotopic (exact) mass is 274 g/mol. The number of halogens is 1. The largest absolute Gasteiger partial charge is 0.349 e. The lowest BCUT2D eigenvalue weighted by molar-refractivity contribution is 0.629. The summed E-state index contributed by atoms with van der Waals surface area (Å²) in [6.07, 6.45) is 0. The Hall–Kier alpha value is -2.01. The second-order valence-electron chi connectivity index (χ2n) is 4.36. The van der Waals surface area contributed by atoms with Crippen LogP contribution in [0.15, 0.2) is 35.1 Å². The van der Waals surface area contributed by atoms with Gasteiger partial charge in [0.1, 0.15) is 10.6 Å². The van der Waals surface area contributed by atoms with Crippen LogP contribution in [0.4, 0.5) is 4.39 Å². The summed E-state index contributed by atoms with van der Waals surface area (Å²) < 4.78 is 15.4. The van der Waals surface area contributed by atoms with Crippen molar-refractivity contribution in [2.45, 2.75) is 6.92 Å². The van der Waals surface area contributed by atoms with E-state index in [2.05, 4.69) is 4.98 Å². The lowest BCUT2D eigenvalue weighted by atomic mass is 10.1. The molecule has 19 heavy (non-hydrogen) atoms. The molecular weight excluding hydrogens is 263 g/mol. The van der Waals surface area contributed by atoms with Crippen LogP contribution in [0.5, 0.6) is 0 Å². The molecule has 0 N–H and O–H groups in total. The number of nitrogens with zero attached hydrogens (tertiary/aromatic N) is 2. The fourth-order valence-corrected chi connectivity index (χ4v) is 3.04. The molecule has 3 rings (SSSR count). The van der Waals surface area contributed by atoms with Gasteiger partial charge in [-0.2, -0.15) is 4.98 Å². The maximum atomic E-state index is 14.0. The van der Waals surface area contributed by atoms with E-state index >= 15 is 0 Å². The first kappa shape index (κ1) is 12.0. The maximum Gasteiger partial charge on any atom is 0.349 e. The molecule has 2 heterocycles. The number of benzene rings is 1. The Balaban J connectivity index is 2.49. The highest BCUT2D eigenvalue weighted by Crippen LogP contribution is 2.32. The molecule has 5 heteroatoms. The molecule has 0 aliphatic heterocycles. The van der Waals surface area contributed by atoms with Crippen LogP contribution < -0.4 is 5.69 Å². The van der Waals surface area contributed by atoms with Crippen molar-refractivity contribution in [3.63, 3.8) is 0 Å². The van der Waals surface area contributed by atoms with Crippen LogP contribution in [0.1, 0.15) is 4.88 Å². The van der Waals surface area contributed by atoms with Crippen molar-refractivity contribution in [1.82, 2.24) is 9.55 Å². The number of fused-ring (bicyclic) bond motifs is 1. The van der Waals surface area contributed by atoms with Gasteiger partial charge in [0, 0.05) is 22.9 Å². The Morgan fingerprint density at radius 1 is 1.32 bits per heavy atom. The normalized spacial score (nSPS) is 11.1. The number of hydrogen-bond donors (Lipinski definition) is 0. The second kappa shape index (κ2) is 4.28. The van der Waals surface area contributed by atoms with Crippen LogP contribution in [0.3, 0.4) is 0 Å². The van der Waals surface area contributed by atoms with Gasteiger partial charge in [-0.05, 0) is 25.1 Å². The fraction of sp³-hybridized carbons (Fsp3) is 0.143. The maximum absolute atomic E-state index is 14.0. The van der Waals surface area contributed by atoms with Crippen molar-refractivity contribution in [2.75, 3.05) is 0 Å². The number of aromatic nitrogens is 2. The number of hydrogen-bond acceptors (Lipinski definition) is 3. The third kappa shape index (κ3) is 1.86. The molecule has 3 nitrogen and oxygen atoms in total. The average molecular weight is 274 g/mol. The number of rotatable bonds is 1. The highest BCUT2D eigenvalue weighted by atomic mass is 32.1. The molecule has 0 aliphatic carbocycles. The molecule has 0 saturated heterocycles. The van der Waals surface area contributed by atoms with Crippen molar-refractivity contribution in [3.8, 4) is 11.3 Å². The molecule has 0 aliphatic rings. The summed E-state index contributed by atoms with van der Waals surface area (Å²) in [6.45, 7) is 1.95. The van der Waals surface area contributed by atoms with E-state index in [1.165, 1.54) is 22.0 Å². The Morgan fingerprint density at radius 3 is 2.79 bits per heavy atom. The first-order valence-electron chi connectivity index (χ1n) is 5.80. The highest BCUT2D eigenvalue weighted by molar-refractivity contribution is 7.18. The van der Waals surface area contributed by atoms with Crippen molar-refractivity contribution in [2.24, 2.45) is 7.05 Å². The zero-order valence-electron chi connectivity index (χ0n) is 10.5. The van der Waals surface area contributed by atoms with E-state index in [1.807, 2.05) is 13.0 Å². The van der Waals surface area contributed by atoms with Crippen molar-refractivity contribution in [1.29, 1.82) is 0 Å². The molecule has 2 aromatic heterocycles. The standard InChI is InChI=1S/C14H11FN2OS/c1-8-7-10-12(9-5-3-4-6-11(9)15)17(2)14(18)16-13(10)19-8/h3-7H,1-2H3. The van der Waals surface area contributed by atoms with E-state index in [-0.39, 0.29) is 11.5 Å². The van der Waals surface area contributed by atoms with E-state index in [0.29, 0.717) is 16.1 Å². The molecule has 0 spiro atoms. The SMILES string of the molecule is Cc1cc2c(-c3ccccc3F)n(C)c(=O)nc2s1. The Labute approximate surface area is 113 Å². The number of aryl methyl sites for hydroxylation is 1. The van der Waals surface area contributed by atoms with Crippen molar-refractivity contribution < 1.29 is 4.39 Å². The highest BCUT2D eigenvalue weighted by Gasteiger charge is 2.15. The second-order valence-corrected chi connectivity index (χ2v) is 5.59. The molecule has 3 aromatic rings. The first-order chi connectivity index (χ1) is 9.08.